The Morgan fingerprint density at radius 1 is 1.42 bits per heavy atom. The van der Waals surface area contributed by atoms with E-state index in [2.05, 4.69) is 35.3 Å². The molecule has 0 amide bonds. The molecule has 4 nitrogen and oxygen atoms in total. The van der Waals surface area contributed by atoms with E-state index < -0.39 is 0 Å². The van der Waals surface area contributed by atoms with Crippen LogP contribution in [0.2, 0.25) is 0 Å². The molecule has 1 atom stereocenters. The van der Waals surface area contributed by atoms with Crippen LogP contribution in [0.3, 0.4) is 0 Å². The van der Waals surface area contributed by atoms with Gasteiger partial charge in [-0.15, -0.1) is 0 Å². The summed E-state index contributed by atoms with van der Waals surface area (Å²) in [6.45, 7) is 8.43. The predicted octanol–water partition coefficient (Wildman–Crippen LogP) is 2.94. The first-order chi connectivity index (χ1) is 9.29. The lowest BCUT2D eigenvalue weighted by atomic mass is 10.1. The summed E-state index contributed by atoms with van der Waals surface area (Å²) in [7, 11) is 0. The number of nitrogens with zero attached hydrogens (tertiary/aromatic N) is 2. The highest BCUT2D eigenvalue weighted by molar-refractivity contribution is 5.05. The van der Waals surface area contributed by atoms with Crippen LogP contribution < -0.4 is 5.32 Å². The fourth-order valence-corrected chi connectivity index (χ4v) is 2.68. The molecular formula is C15H27N3O. The first-order valence-corrected chi connectivity index (χ1v) is 7.69. The molecule has 2 heterocycles. The largest absolute Gasteiger partial charge is 0.360 e. The summed E-state index contributed by atoms with van der Waals surface area (Å²) in [6, 6.07) is 2.76. The van der Waals surface area contributed by atoms with Crippen LogP contribution in [0.5, 0.6) is 0 Å². The van der Waals surface area contributed by atoms with Gasteiger partial charge >= 0.3 is 0 Å². The van der Waals surface area contributed by atoms with Crippen LogP contribution in [0.1, 0.15) is 57.4 Å². The number of rotatable bonds is 6. The zero-order valence-corrected chi connectivity index (χ0v) is 12.3. The third-order valence-electron chi connectivity index (χ3n) is 3.89. The van der Waals surface area contributed by atoms with Gasteiger partial charge in [0.25, 0.3) is 0 Å². The molecule has 1 unspecified atom stereocenters. The van der Waals surface area contributed by atoms with Gasteiger partial charge in [0.15, 0.2) is 5.76 Å². The molecular weight excluding hydrogens is 238 g/mol. The van der Waals surface area contributed by atoms with Crippen LogP contribution in [0, 0.1) is 0 Å². The maximum atomic E-state index is 5.46. The minimum Gasteiger partial charge on any atom is -0.360 e. The summed E-state index contributed by atoms with van der Waals surface area (Å²) in [5.74, 6) is 1.00. The number of hydrogen-bond acceptors (Lipinski definition) is 4. The molecule has 2 rings (SSSR count). The highest BCUT2D eigenvalue weighted by Gasteiger charge is 2.18. The second-order valence-corrected chi connectivity index (χ2v) is 5.63. The molecule has 1 aliphatic heterocycles. The summed E-state index contributed by atoms with van der Waals surface area (Å²) in [5, 5.41) is 7.49. The van der Waals surface area contributed by atoms with Crippen molar-refractivity contribution in [2.75, 3.05) is 13.1 Å². The van der Waals surface area contributed by atoms with Gasteiger partial charge in [-0.05, 0) is 39.3 Å². The maximum Gasteiger partial charge on any atom is 0.151 e. The smallest absolute Gasteiger partial charge is 0.151 e. The first kappa shape index (κ1) is 14.5. The minimum absolute atomic E-state index is 0.661. The van der Waals surface area contributed by atoms with E-state index in [9.17, 15) is 0 Å². The number of aromatic nitrogens is 1. The van der Waals surface area contributed by atoms with Gasteiger partial charge in [-0.25, -0.2) is 0 Å². The van der Waals surface area contributed by atoms with Gasteiger partial charge in [0, 0.05) is 18.7 Å². The van der Waals surface area contributed by atoms with E-state index in [-0.39, 0.29) is 0 Å². The Bertz CT molecular complexity index is 364. The molecule has 1 N–H and O–H groups in total. The topological polar surface area (TPSA) is 41.3 Å². The molecule has 0 radical (unpaired) electrons. The van der Waals surface area contributed by atoms with E-state index in [1.165, 1.54) is 32.2 Å². The Balaban J connectivity index is 1.84. The maximum absolute atomic E-state index is 5.46. The summed E-state index contributed by atoms with van der Waals surface area (Å²) in [4.78, 5) is 2.52. The van der Waals surface area contributed by atoms with Crippen molar-refractivity contribution in [1.82, 2.24) is 15.4 Å². The highest BCUT2D eigenvalue weighted by Crippen LogP contribution is 2.19. The molecule has 19 heavy (non-hydrogen) atoms. The van der Waals surface area contributed by atoms with Crippen LogP contribution in [0.4, 0.5) is 0 Å². The number of nitrogens with one attached hydrogen (secondary N) is 1. The highest BCUT2D eigenvalue weighted by atomic mass is 16.5. The molecule has 0 aromatic carbocycles. The molecule has 1 aromatic rings. The zero-order valence-electron chi connectivity index (χ0n) is 12.3. The SMILES string of the molecule is CCCNCc1cc(CN2CCCCCC2C)on1. The van der Waals surface area contributed by atoms with Gasteiger partial charge in [-0.1, -0.05) is 24.9 Å². The van der Waals surface area contributed by atoms with E-state index in [0.29, 0.717) is 6.04 Å². The average molecular weight is 265 g/mol. The lowest BCUT2D eigenvalue weighted by Crippen LogP contribution is -2.31. The normalized spacial score (nSPS) is 21.5. The van der Waals surface area contributed by atoms with Crippen molar-refractivity contribution in [1.29, 1.82) is 0 Å². The van der Waals surface area contributed by atoms with Crippen molar-refractivity contribution >= 4 is 0 Å². The molecule has 1 aliphatic rings. The lowest BCUT2D eigenvalue weighted by Gasteiger charge is -2.25. The second-order valence-electron chi connectivity index (χ2n) is 5.63. The van der Waals surface area contributed by atoms with Gasteiger partial charge < -0.3 is 9.84 Å². The van der Waals surface area contributed by atoms with E-state index in [4.69, 9.17) is 4.52 Å². The summed E-state index contributed by atoms with van der Waals surface area (Å²) < 4.78 is 5.46. The van der Waals surface area contributed by atoms with E-state index in [1.807, 2.05) is 0 Å². The Labute approximate surface area is 116 Å². The van der Waals surface area contributed by atoms with Crippen LogP contribution in [-0.4, -0.2) is 29.2 Å². The van der Waals surface area contributed by atoms with E-state index in [0.717, 1.165) is 37.5 Å². The first-order valence-electron chi connectivity index (χ1n) is 7.69. The van der Waals surface area contributed by atoms with E-state index >= 15 is 0 Å². The van der Waals surface area contributed by atoms with Gasteiger partial charge in [-0.3, -0.25) is 4.90 Å². The molecule has 0 aliphatic carbocycles. The standard InChI is InChI=1S/C15H27N3O/c1-3-8-16-11-14-10-15(19-17-14)12-18-9-6-4-5-7-13(18)2/h10,13,16H,3-9,11-12H2,1-2H3. The monoisotopic (exact) mass is 265 g/mol. The van der Waals surface area contributed by atoms with Crippen LogP contribution in [0.15, 0.2) is 10.6 Å². The van der Waals surface area contributed by atoms with Crippen LogP contribution in [0.25, 0.3) is 0 Å². The third-order valence-corrected chi connectivity index (χ3v) is 3.89. The molecule has 0 bridgehead atoms. The summed E-state index contributed by atoms with van der Waals surface area (Å²) in [5.41, 5.74) is 1.02. The van der Waals surface area contributed by atoms with Gasteiger partial charge in [-0.2, -0.15) is 0 Å². The van der Waals surface area contributed by atoms with Crippen LogP contribution >= 0.6 is 0 Å². The Morgan fingerprint density at radius 2 is 2.32 bits per heavy atom. The van der Waals surface area contributed by atoms with Crippen molar-refractivity contribution in [2.24, 2.45) is 0 Å². The fourth-order valence-electron chi connectivity index (χ4n) is 2.68. The van der Waals surface area contributed by atoms with Crippen molar-refractivity contribution in [2.45, 2.75) is 65.1 Å². The Morgan fingerprint density at radius 3 is 3.16 bits per heavy atom. The van der Waals surface area contributed by atoms with E-state index in [1.54, 1.807) is 0 Å². The van der Waals surface area contributed by atoms with Crippen molar-refractivity contribution in [3.8, 4) is 0 Å². The summed E-state index contributed by atoms with van der Waals surface area (Å²) >= 11 is 0. The Hall–Kier alpha value is -0.870. The molecule has 0 spiro atoms. The third kappa shape index (κ3) is 4.62. The van der Waals surface area contributed by atoms with Crippen molar-refractivity contribution in [3.63, 3.8) is 0 Å². The zero-order chi connectivity index (χ0) is 13.5. The molecule has 108 valence electrons. The Kier molecular flexibility index (Phi) is 5.86. The average Bonchev–Trinajstić information content (AvgIpc) is 2.75. The van der Waals surface area contributed by atoms with Crippen molar-refractivity contribution in [3.05, 3.63) is 17.5 Å². The number of likely N-dealkylation sites (tertiary alicyclic amines) is 1. The molecule has 4 heteroatoms. The molecule has 1 aromatic heterocycles. The molecule has 0 saturated carbocycles. The lowest BCUT2D eigenvalue weighted by molar-refractivity contribution is 0.182. The van der Waals surface area contributed by atoms with Gasteiger partial charge in [0.2, 0.25) is 0 Å². The van der Waals surface area contributed by atoms with Gasteiger partial charge in [0.05, 0.1) is 12.2 Å². The predicted molar refractivity (Wildman–Crippen MR) is 76.8 cm³/mol. The fraction of sp³-hybridized carbons (Fsp3) is 0.800. The summed E-state index contributed by atoms with van der Waals surface area (Å²) in [6.07, 6.45) is 6.49. The molecule has 1 saturated heterocycles. The van der Waals surface area contributed by atoms with Gasteiger partial charge in [0.1, 0.15) is 0 Å². The quantitative estimate of drug-likeness (QED) is 0.803. The second kappa shape index (κ2) is 7.65. The van der Waals surface area contributed by atoms with Crippen molar-refractivity contribution < 1.29 is 4.52 Å². The number of hydrogen-bond donors (Lipinski definition) is 1. The minimum atomic E-state index is 0.661. The van der Waals surface area contributed by atoms with Crippen LogP contribution in [-0.2, 0) is 13.1 Å². The molecule has 1 fully saturated rings.